The van der Waals surface area contributed by atoms with Crippen molar-refractivity contribution in [3.05, 3.63) is 24.3 Å². The maximum absolute atomic E-state index is 6.03. The Morgan fingerprint density at radius 1 is 1.05 bits per heavy atom. The van der Waals surface area contributed by atoms with E-state index < -0.39 is 0 Å². The van der Waals surface area contributed by atoms with E-state index in [1.54, 1.807) is 0 Å². The standard InChI is InChI=1S/C16H24N2O2/c1-2-7-17-8-10-18(11-9-17)12-14-13-19-15-5-3-4-6-16(15)20-14/h3-6,14H,2,7-13H2,1H3. The number of hydrogen-bond donors (Lipinski definition) is 0. The topological polar surface area (TPSA) is 24.9 Å². The molecule has 20 heavy (non-hydrogen) atoms. The molecule has 1 unspecified atom stereocenters. The molecule has 3 rings (SSSR count). The molecule has 0 amide bonds. The zero-order chi connectivity index (χ0) is 13.8. The van der Waals surface area contributed by atoms with E-state index in [1.165, 1.54) is 26.1 Å². The van der Waals surface area contributed by atoms with Crippen molar-refractivity contribution in [3.63, 3.8) is 0 Å². The first-order valence-electron chi connectivity index (χ1n) is 7.68. The van der Waals surface area contributed by atoms with E-state index in [9.17, 15) is 0 Å². The van der Waals surface area contributed by atoms with Crippen molar-refractivity contribution in [1.29, 1.82) is 0 Å². The molecular weight excluding hydrogens is 252 g/mol. The largest absolute Gasteiger partial charge is 0.486 e. The summed E-state index contributed by atoms with van der Waals surface area (Å²) < 4.78 is 11.8. The Morgan fingerprint density at radius 2 is 1.75 bits per heavy atom. The predicted molar refractivity (Wildman–Crippen MR) is 79.5 cm³/mol. The van der Waals surface area contributed by atoms with E-state index in [2.05, 4.69) is 16.7 Å². The first kappa shape index (κ1) is 13.7. The molecule has 4 heteroatoms. The molecule has 0 saturated carbocycles. The van der Waals surface area contributed by atoms with Gasteiger partial charge < -0.3 is 14.4 Å². The second-order valence-electron chi connectivity index (χ2n) is 5.64. The van der Waals surface area contributed by atoms with E-state index in [4.69, 9.17) is 9.47 Å². The van der Waals surface area contributed by atoms with Gasteiger partial charge in [0.25, 0.3) is 0 Å². The molecule has 2 heterocycles. The number of benzene rings is 1. The van der Waals surface area contributed by atoms with Crippen LogP contribution in [0.25, 0.3) is 0 Å². The summed E-state index contributed by atoms with van der Waals surface area (Å²) in [5, 5.41) is 0. The Kier molecular flexibility index (Phi) is 4.43. The van der Waals surface area contributed by atoms with Crippen LogP contribution in [0.1, 0.15) is 13.3 Å². The van der Waals surface area contributed by atoms with Gasteiger partial charge in [-0.3, -0.25) is 4.90 Å². The summed E-state index contributed by atoms with van der Waals surface area (Å²) >= 11 is 0. The number of rotatable bonds is 4. The van der Waals surface area contributed by atoms with Crippen LogP contribution in [0.3, 0.4) is 0 Å². The summed E-state index contributed by atoms with van der Waals surface area (Å²) in [6.07, 6.45) is 1.40. The third-order valence-corrected chi connectivity index (χ3v) is 4.03. The third kappa shape index (κ3) is 3.25. The van der Waals surface area contributed by atoms with Crippen LogP contribution in [0, 0.1) is 0 Å². The maximum atomic E-state index is 6.03. The molecule has 0 spiro atoms. The Hall–Kier alpha value is -1.26. The maximum Gasteiger partial charge on any atom is 0.161 e. The van der Waals surface area contributed by atoms with Crippen LogP contribution >= 0.6 is 0 Å². The summed E-state index contributed by atoms with van der Waals surface area (Å²) in [6.45, 7) is 9.74. The lowest BCUT2D eigenvalue weighted by Crippen LogP contribution is -2.50. The highest BCUT2D eigenvalue weighted by molar-refractivity contribution is 5.40. The van der Waals surface area contributed by atoms with Gasteiger partial charge in [0, 0.05) is 32.7 Å². The zero-order valence-electron chi connectivity index (χ0n) is 12.3. The van der Waals surface area contributed by atoms with Crippen LogP contribution in [-0.4, -0.2) is 61.8 Å². The fraction of sp³-hybridized carbons (Fsp3) is 0.625. The predicted octanol–water partition coefficient (Wildman–Crippen LogP) is 1.85. The normalized spacial score (nSPS) is 23.8. The van der Waals surface area contributed by atoms with Gasteiger partial charge in [-0.15, -0.1) is 0 Å². The first-order valence-corrected chi connectivity index (χ1v) is 7.68. The SMILES string of the molecule is CCCN1CCN(CC2COc3ccccc3O2)CC1. The van der Waals surface area contributed by atoms with Crippen molar-refractivity contribution in [1.82, 2.24) is 9.80 Å². The molecule has 1 aromatic rings. The highest BCUT2D eigenvalue weighted by Gasteiger charge is 2.25. The minimum absolute atomic E-state index is 0.155. The molecule has 1 aromatic carbocycles. The van der Waals surface area contributed by atoms with E-state index in [0.717, 1.165) is 31.1 Å². The lowest BCUT2D eigenvalue weighted by atomic mass is 10.2. The Morgan fingerprint density at radius 3 is 2.50 bits per heavy atom. The van der Waals surface area contributed by atoms with E-state index in [1.807, 2.05) is 24.3 Å². The molecule has 110 valence electrons. The van der Waals surface area contributed by atoms with Crippen LogP contribution in [0.4, 0.5) is 0 Å². The molecule has 0 radical (unpaired) electrons. The summed E-state index contributed by atoms with van der Waals surface area (Å²) in [5.74, 6) is 1.75. The Bertz CT molecular complexity index is 430. The minimum Gasteiger partial charge on any atom is -0.486 e. The fourth-order valence-electron chi connectivity index (χ4n) is 2.95. The van der Waals surface area contributed by atoms with Crippen LogP contribution < -0.4 is 9.47 Å². The molecule has 1 atom stereocenters. The van der Waals surface area contributed by atoms with Crippen LogP contribution in [0.2, 0.25) is 0 Å². The van der Waals surface area contributed by atoms with Gasteiger partial charge in [-0.1, -0.05) is 19.1 Å². The number of fused-ring (bicyclic) bond motifs is 1. The van der Waals surface area contributed by atoms with Gasteiger partial charge in [-0.05, 0) is 25.1 Å². The van der Waals surface area contributed by atoms with Gasteiger partial charge in [0.2, 0.25) is 0 Å². The summed E-state index contributed by atoms with van der Waals surface area (Å²) in [4.78, 5) is 5.04. The minimum atomic E-state index is 0.155. The lowest BCUT2D eigenvalue weighted by molar-refractivity contribution is 0.0404. The van der Waals surface area contributed by atoms with Crippen molar-refractivity contribution in [2.45, 2.75) is 19.4 Å². The summed E-state index contributed by atoms with van der Waals surface area (Å²) in [6, 6.07) is 7.93. The molecule has 1 fully saturated rings. The van der Waals surface area contributed by atoms with Crippen molar-refractivity contribution < 1.29 is 9.47 Å². The molecule has 2 aliphatic rings. The van der Waals surface area contributed by atoms with E-state index >= 15 is 0 Å². The molecule has 1 saturated heterocycles. The van der Waals surface area contributed by atoms with Crippen LogP contribution in [0.5, 0.6) is 11.5 Å². The highest BCUT2D eigenvalue weighted by atomic mass is 16.6. The Balaban J connectivity index is 1.48. The first-order chi connectivity index (χ1) is 9.85. The van der Waals surface area contributed by atoms with Gasteiger partial charge in [0.1, 0.15) is 12.7 Å². The van der Waals surface area contributed by atoms with Crippen molar-refractivity contribution in [3.8, 4) is 11.5 Å². The number of para-hydroxylation sites is 2. The monoisotopic (exact) mass is 276 g/mol. The van der Waals surface area contributed by atoms with Gasteiger partial charge >= 0.3 is 0 Å². The molecule has 0 bridgehead atoms. The number of hydrogen-bond acceptors (Lipinski definition) is 4. The molecule has 0 aliphatic carbocycles. The van der Waals surface area contributed by atoms with Crippen LogP contribution in [-0.2, 0) is 0 Å². The van der Waals surface area contributed by atoms with Crippen molar-refractivity contribution >= 4 is 0 Å². The molecule has 0 N–H and O–H groups in total. The molecule has 4 nitrogen and oxygen atoms in total. The van der Waals surface area contributed by atoms with E-state index in [-0.39, 0.29) is 6.10 Å². The average molecular weight is 276 g/mol. The van der Waals surface area contributed by atoms with Crippen molar-refractivity contribution in [2.75, 3.05) is 45.9 Å². The molecule has 2 aliphatic heterocycles. The molecular formula is C16H24N2O2. The molecule has 0 aromatic heterocycles. The van der Waals surface area contributed by atoms with Gasteiger partial charge in [0.05, 0.1) is 0 Å². The van der Waals surface area contributed by atoms with E-state index in [0.29, 0.717) is 6.61 Å². The lowest BCUT2D eigenvalue weighted by Gasteiger charge is -2.37. The van der Waals surface area contributed by atoms with Crippen LogP contribution in [0.15, 0.2) is 24.3 Å². The van der Waals surface area contributed by atoms with Gasteiger partial charge in [-0.25, -0.2) is 0 Å². The highest BCUT2D eigenvalue weighted by Crippen LogP contribution is 2.31. The van der Waals surface area contributed by atoms with Crippen molar-refractivity contribution in [2.24, 2.45) is 0 Å². The third-order valence-electron chi connectivity index (χ3n) is 4.03. The number of ether oxygens (including phenoxy) is 2. The second kappa shape index (κ2) is 6.46. The quantitative estimate of drug-likeness (QED) is 0.838. The summed E-state index contributed by atoms with van der Waals surface area (Å²) in [5.41, 5.74) is 0. The fourth-order valence-corrected chi connectivity index (χ4v) is 2.95. The Labute approximate surface area is 121 Å². The smallest absolute Gasteiger partial charge is 0.161 e. The number of nitrogens with zero attached hydrogens (tertiary/aromatic N) is 2. The van der Waals surface area contributed by atoms with Gasteiger partial charge in [-0.2, -0.15) is 0 Å². The average Bonchev–Trinajstić information content (AvgIpc) is 2.49. The van der Waals surface area contributed by atoms with Gasteiger partial charge in [0.15, 0.2) is 11.5 Å². The number of piperazine rings is 1. The summed E-state index contributed by atoms with van der Waals surface area (Å²) in [7, 11) is 0. The second-order valence-corrected chi connectivity index (χ2v) is 5.64. The zero-order valence-corrected chi connectivity index (χ0v) is 12.3.